The average Bonchev–Trinajstić information content (AvgIpc) is 2.83. The highest BCUT2D eigenvalue weighted by Crippen LogP contribution is 2.18. The molecule has 2 N–H and O–H groups in total. The van der Waals surface area contributed by atoms with Gasteiger partial charge in [-0.05, 0) is 42.0 Å². The maximum Gasteiger partial charge on any atom is 0.319 e. The van der Waals surface area contributed by atoms with Gasteiger partial charge in [0.05, 0.1) is 18.9 Å². The molecule has 1 saturated heterocycles. The monoisotopic (exact) mass is 419 g/mol. The summed E-state index contributed by atoms with van der Waals surface area (Å²) in [6.45, 7) is 3.83. The zero-order chi connectivity index (χ0) is 21.3. The normalized spacial score (nSPS) is 13.5. The summed E-state index contributed by atoms with van der Waals surface area (Å²) in [7, 11) is 0. The first-order valence-corrected chi connectivity index (χ1v) is 10.2. The summed E-state index contributed by atoms with van der Waals surface area (Å²) in [4.78, 5) is 23.2. The van der Waals surface area contributed by atoms with Crippen LogP contribution in [0.15, 0.2) is 67.0 Å². The molecule has 4 rings (SSSR count). The highest BCUT2D eigenvalue weighted by Gasteiger charge is 2.12. The highest BCUT2D eigenvalue weighted by molar-refractivity contribution is 5.89. The maximum absolute atomic E-state index is 12.3. The van der Waals surface area contributed by atoms with Gasteiger partial charge in [0.25, 0.3) is 0 Å². The first kappa shape index (κ1) is 20.6. The second-order valence-corrected chi connectivity index (χ2v) is 7.07. The molecule has 0 unspecified atom stereocenters. The molecule has 1 fully saturated rings. The van der Waals surface area contributed by atoms with E-state index in [0.717, 1.165) is 30.2 Å². The molecular formula is C23H25N5O3. The quantitative estimate of drug-likeness (QED) is 0.611. The average molecular weight is 419 g/mol. The van der Waals surface area contributed by atoms with E-state index in [1.165, 1.54) is 0 Å². The number of carbonyl (C=O) groups is 1. The Morgan fingerprint density at radius 1 is 1.03 bits per heavy atom. The van der Waals surface area contributed by atoms with Crippen molar-refractivity contribution >= 4 is 17.5 Å². The Labute approximate surface area is 181 Å². The van der Waals surface area contributed by atoms with Crippen molar-refractivity contribution in [3.8, 4) is 5.75 Å². The molecule has 0 radical (unpaired) electrons. The Morgan fingerprint density at radius 2 is 1.94 bits per heavy atom. The largest absolute Gasteiger partial charge is 0.487 e. The Kier molecular flexibility index (Phi) is 6.92. The number of hydrogen-bond acceptors (Lipinski definition) is 6. The van der Waals surface area contributed by atoms with Gasteiger partial charge in [0, 0.05) is 43.8 Å². The van der Waals surface area contributed by atoms with Crippen molar-refractivity contribution < 1.29 is 14.3 Å². The fraction of sp³-hybridized carbons (Fsp3) is 0.261. The number of ether oxygens (including phenoxy) is 2. The standard InChI is InChI=1S/C23H25N5O3/c29-23(26-16-18-7-9-25-22(14-18)28-10-12-30-13-11-28)27-19-5-3-6-21(15-19)31-17-20-4-1-2-8-24-20/h1-9,14-15H,10-13,16-17H2,(H2,26,27,29). The summed E-state index contributed by atoms with van der Waals surface area (Å²) in [5.74, 6) is 1.56. The third-order valence-corrected chi connectivity index (χ3v) is 4.80. The Hall–Kier alpha value is -3.65. The predicted molar refractivity (Wildman–Crippen MR) is 118 cm³/mol. The highest BCUT2D eigenvalue weighted by atomic mass is 16.5. The van der Waals surface area contributed by atoms with Crippen molar-refractivity contribution in [3.05, 3.63) is 78.2 Å². The SMILES string of the molecule is O=C(NCc1ccnc(N2CCOCC2)c1)Nc1cccc(OCc2ccccn2)c1. The van der Waals surface area contributed by atoms with Crippen LogP contribution in [0.3, 0.4) is 0 Å². The lowest BCUT2D eigenvalue weighted by Crippen LogP contribution is -2.36. The van der Waals surface area contributed by atoms with E-state index in [1.807, 2.05) is 48.5 Å². The number of nitrogens with one attached hydrogen (secondary N) is 2. The topological polar surface area (TPSA) is 88.6 Å². The number of hydrogen-bond donors (Lipinski definition) is 2. The number of morpholine rings is 1. The minimum Gasteiger partial charge on any atom is -0.487 e. The Balaban J connectivity index is 1.28. The second kappa shape index (κ2) is 10.4. The van der Waals surface area contributed by atoms with Gasteiger partial charge in [0.2, 0.25) is 0 Å². The van der Waals surface area contributed by atoms with Crippen LogP contribution < -0.4 is 20.3 Å². The molecule has 0 aliphatic carbocycles. The third kappa shape index (κ3) is 6.16. The molecule has 0 atom stereocenters. The fourth-order valence-electron chi connectivity index (χ4n) is 3.20. The summed E-state index contributed by atoms with van der Waals surface area (Å²) < 4.78 is 11.1. The summed E-state index contributed by atoms with van der Waals surface area (Å²) in [6.07, 6.45) is 3.50. The number of urea groups is 1. The van der Waals surface area contributed by atoms with Crippen LogP contribution in [-0.2, 0) is 17.9 Å². The van der Waals surface area contributed by atoms with Crippen LogP contribution in [0.4, 0.5) is 16.3 Å². The Morgan fingerprint density at radius 3 is 2.77 bits per heavy atom. The first-order chi connectivity index (χ1) is 15.3. The van der Waals surface area contributed by atoms with E-state index < -0.39 is 0 Å². The van der Waals surface area contributed by atoms with E-state index in [-0.39, 0.29) is 6.03 Å². The van der Waals surface area contributed by atoms with Crippen molar-refractivity contribution in [1.29, 1.82) is 0 Å². The van der Waals surface area contributed by atoms with E-state index in [1.54, 1.807) is 18.5 Å². The van der Waals surface area contributed by atoms with E-state index in [2.05, 4.69) is 25.5 Å². The van der Waals surface area contributed by atoms with Gasteiger partial charge in [0.1, 0.15) is 18.2 Å². The molecule has 31 heavy (non-hydrogen) atoms. The van der Waals surface area contributed by atoms with Crippen LogP contribution in [0.1, 0.15) is 11.3 Å². The summed E-state index contributed by atoms with van der Waals surface area (Å²) in [5, 5.41) is 5.72. The lowest BCUT2D eigenvalue weighted by molar-refractivity contribution is 0.122. The number of anilines is 2. The minimum absolute atomic E-state index is 0.286. The fourth-order valence-corrected chi connectivity index (χ4v) is 3.20. The molecule has 2 amide bonds. The summed E-state index contributed by atoms with van der Waals surface area (Å²) >= 11 is 0. The van der Waals surface area contributed by atoms with Crippen LogP contribution in [0.25, 0.3) is 0 Å². The molecule has 3 aromatic rings. The van der Waals surface area contributed by atoms with Crippen LogP contribution in [-0.4, -0.2) is 42.3 Å². The molecule has 1 aliphatic heterocycles. The molecule has 0 saturated carbocycles. The van der Waals surface area contributed by atoms with Crippen LogP contribution in [0, 0.1) is 0 Å². The predicted octanol–water partition coefficient (Wildman–Crippen LogP) is 3.21. The number of pyridine rings is 2. The molecule has 3 heterocycles. The molecule has 1 aromatic carbocycles. The van der Waals surface area contributed by atoms with Crippen molar-refractivity contribution in [2.24, 2.45) is 0 Å². The third-order valence-electron chi connectivity index (χ3n) is 4.80. The number of amides is 2. The maximum atomic E-state index is 12.3. The van der Waals surface area contributed by atoms with Gasteiger partial charge < -0.3 is 25.0 Å². The van der Waals surface area contributed by atoms with Gasteiger partial charge in [-0.2, -0.15) is 0 Å². The van der Waals surface area contributed by atoms with E-state index in [0.29, 0.717) is 37.8 Å². The molecule has 2 aromatic heterocycles. The van der Waals surface area contributed by atoms with Gasteiger partial charge in [0.15, 0.2) is 0 Å². The number of carbonyl (C=O) groups excluding carboxylic acids is 1. The lowest BCUT2D eigenvalue weighted by atomic mass is 10.2. The van der Waals surface area contributed by atoms with Gasteiger partial charge in [-0.3, -0.25) is 4.98 Å². The number of aromatic nitrogens is 2. The molecule has 1 aliphatic rings. The zero-order valence-electron chi connectivity index (χ0n) is 17.2. The minimum atomic E-state index is -0.286. The van der Waals surface area contributed by atoms with Gasteiger partial charge in [-0.1, -0.05) is 12.1 Å². The first-order valence-electron chi connectivity index (χ1n) is 10.2. The van der Waals surface area contributed by atoms with Crippen molar-refractivity contribution in [3.63, 3.8) is 0 Å². The number of nitrogens with zero attached hydrogens (tertiary/aromatic N) is 3. The molecule has 8 heteroatoms. The zero-order valence-corrected chi connectivity index (χ0v) is 17.2. The number of rotatable bonds is 7. The van der Waals surface area contributed by atoms with Gasteiger partial charge in [-0.15, -0.1) is 0 Å². The van der Waals surface area contributed by atoms with E-state index in [9.17, 15) is 4.79 Å². The molecule has 8 nitrogen and oxygen atoms in total. The van der Waals surface area contributed by atoms with Crippen molar-refractivity contribution in [1.82, 2.24) is 15.3 Å². The smallest absolute Gasteiger partial charge is 0.319 e. The van der Waals surface area contributed by atoms with Gasteiger partial charge >= 0.3 is 6.03 Å². The Bertz CT molecular complexity index is 993. The molecule has 0 bridgehead atoms. The van der Waals surface area contributed by atoms with Crippen molar-refractivity contribution in [2.75, 3.05) is 36.5 Å². The van der Waals surface area contributed by atoms with Gasteiger partial charge in [-0.25, -0.2) is 9.78 Å². The number of benzene rings is 1. The van der Waals surface area contributed by atoms with Crippen LogP contribution >= 0.6 is 0 Å². The summed E-state index contributed by atoms with van der Waals surface area (Å²) in [6, 6.07) is 16.6. The van der Waals surface area contributed by atoms with Crippen LogP contribution in [0.2, 0.25) is 0 Å². The molecule has 160 valence electrons. The van der Waals surface area contributed by atoms with Crippen LogP contribution in [0.5, 0.6) is 5.75 Å². The summed E-state index contributed by atoms with van der Waals surface area (Å²) in [5.41, 5.74) is 2.48. The second-order valence-electron chi connectivity index (χ2n) is 7.07. The molecule has 0 spiro atoms. The van der Waals surface area contributed by atoms with E-state index in [4.69, 9.17) is 9.47 Å². The van der Waals surface area contributed by atoms with Crippen molar-refractivity contribution in [2.45, 2.75) is 13.2 Å². The van der Waals surface area contributed by atoms with E-state index >= 15 is 0 Å². The lowest BCUT2D eigenvalue weighted by Gasteiger charge is -2.28. The molecular weight excluding hydrogens is 394 g/mol.